The minimum absolute atomic E-state index is 0.244. The average Bonchev–Trinajstić information content (AvgIpc) is 2.26. The smallest absolute Gasteiger partial charge is 0.346 e. The molecule has 1 heterocycles. The van der Waals surface area contributed by atoms with Crippen LogP contribution in [-0.4, -0.2) is 42.4 Å². The minimum atomic E-state index is -0.921. The summed E-state index contributed by atoms with van der Waals surface area (Å²) in [5.74, 6) is -0.684. The summed E-state index contributed by atoms with van der Waals surface area (Å²) in [4.78, 5) is 22.5. The zero-order valence-electron chi connectivity index (χ0n) is 9.99. The summed E-state index contributed by atoms with van der Waals surface area (Å²) in [6.45, 7) is 6.73. The molecule has 1 unspecified atom stereocenters. The maximum absolute atomic E-state index is 11.4. The van der Waals surface area contributed by atoms with Gasteiger partial charge in [-0.2, -0.15) is 11.8 Å². The molecule has 0 aromatic heterocycles. The molecule has 0 saturated carbocycles. The Bertz CT molecular complexity index is 320. The molecule has 1 atom stereocenters. The third-order valence-electron chi connectivity index (χ3n) is 2.00. The molecule has 1 saturated heterocycles. The summed E-state index contributed by atoms with van der Waals surface area (Å²) in [6.07, 6.45) is 0. The molecule has 1 fully saturated rings. The molecule has 1 aliphatic rings. The summed E-state index contributed by atoms with van der Waals surface area (Å²) < 4.78 is 15.2. The number of thioether (sulfide) groups is 1. The Morgan fingerprint density at radius 3 is 2.76 bits per heavy atom. The third-order valence-corrected chi connectivity index (χ3v) is 3.18. The van der Waals surface area contributed by atoms with Crippen molar-refractivity contribution in [1.82, 2.24) is 0 Å². The first-order chi connectivity index (χ1) is 7.93. The normalized spacial score (nSPS) is 23.9. The van der Waals surface area contributed by atoms with Gasteiger partial charge >= 0.3 is 11.9 Å². The van der Waals surface area contributed by atoms with Crippen LogP contribution in [0.15, 0.2) is 12.2 Å². The molecular formula is C11H16O5S. The quantitative estimate of drug-likeness (QED) is 0.558. The number of hydrogen-bond acceptors (Lipinski definition) is 6. The Labute approximate surface area is 104 Å². The van der Waals surface area contributed by atoms with Gasteiger partial charge in [-0.3, -0.25) is 0 Å². The van der Waals surface area contributed by atoms with Crippen LogP contribution in [0.25, 0.3) is 0 Å². The molecule has 0 N–H and O–H groups in total. The van der Waals surface area contributed by atoms with Gasteiger partial charge < -0.3 is 14.2 Å². The predicted octanol–water partition coefficient (Wildman–Crippen LogP) is 1.13. The zero-order chi connectivity index (χ0) is 12.9. The number of carbonyl (C=O) groups is 2. The first-order valence-electron chi connectivity index (χ1n) is 5.19. The van der Waals surface area contributed by atoms with Crippen molar-refractivity contribution in [1.29, 1.82) is 0 Å². The van der Waals surface area contributed by atoms with Crippen LogP contribution >= 0.6 is 11.8 Å². The van der Waals surface area contributed by atoms with Crippen molar-refractivity contribution in [3.63, 3.8) is 0 Å². The van der Waals surface area contributed by atoms with Gasteiger partial charge in [0.25, 0.3) is 0 Å². The van der Waals surface area contributed by atoms with E-state index in [4.69, 9.17) is 9.47 Å². The van der Waals surface area contributed by atoms with Crippen molar-refractivity contribution in [3.8, 4) is 0 Å². The molecule has 0 aliphatic carbocycles. The van der Waals surface area contributed by atoms with Crippen LogP contribution in [0.4, 0.5) is 0 Å². The fourth-order valence-electron chi connectivity index (χ4n) is 1.19. The summed E-state index contributed by atoms with van der Waals surface area (Å²) >= 11 is 1.65. The highest BCUT2D eigenvalue weighted by molar-refractivity contribution is 7.99. The van der Waals surface area contributed by atoms with Crippen molar-refractivity contribution in [2.24, 2.45) is 0 Å². The maximum atomic E-state index is 11.4. The topological polar surface area (TPSA) is 61.8 Å². The van der Waals surface area contributed by atoms with E-state index in [1.807, 2.05) is 0 Å². The second-order valence-electron chi connectivity index (χ2n) is 3.87. The predicted molar refractivity (Wildman–Crippen MR) is 63.5 cm³/mol. The van der Waals surface area contributed by atoms with Crippen molar-refractivity contribution in [2.45, 2.75) is 19.6 Å². The van der Waals surface area contributed by atoms with Gasteiger partial charge in [0.05, 0.1) is 12.4 Å². The largest absolute Gasteiger partial charge is 0.450 e. The molecule has 1 aliphatic heterocycles. The van der Waals surface area contributed by atoms with Crippen LogP contribution in [0.2, 0.25) is 0 Å². The molecule has 96 valence electrons. The lowest BCUT2D eigenvalue weighted by Gasteiger charge is -2.32. The molecule has 0 amide bonds. The Hall–Kier alpha value is -1.01. The van der Waals surface area contributed by atoms with E-state index in [0.717, 1.165) is 5.75 Å². The highest BCUT2D eigenvalue weighted by atomic mass is 32.2. The highest BCUT2D eigenvalue weighted by Crippen LogP contribution is 2.24. The van der Waals surface area contributed by atoms with Crippen molar-refractivity contribution >= 4 is 23.7 Å². The van der Waals surface area contributed by atoms with Gasteiger partial charge in [0.15, 0.2) is 6.61 Å². The van der Waals surface area contributed by atoms with Crippen LogP contribution < -0.4 is 0 Å². The van der Waals surface area contributed by atoms with E-state index < -0.39 is 24.3 Å². The molecule has 0 aromatic carbocycles. The van der Waals surface area contributed by atoms with E-state index in [1.165, 1.54) is 6.92 Å². The molecule has 0 aromatic rings. The summed E-state index contributed by atoms with van der Waals surface area (Å²) in [5, 5.41) is 0. The van der Waals surface area contributed by atoms with Gasteiger partial charge in [-0.1, -0.05) is 6.58 Å². The fraction of sp³-hybridized carbons (Fsp3) is 0.636. The van der Waals surface area contributed by atoms with E-state index >= 15 is 0 Å². The van der Waals surface area contributed by atoms with Crippen molar-refractivity contribution < 1.29 is 23.8 Å². The summed E-state index contributed by atoms with van der Waals surface area (Å²) in [7, 11) is 0. The Morgan fingerprint density at radius 1 is 1.53 bits per heavy atom. The number of rotatable bonds is 4. The SMILES string of the molecule is C=C(C)C(=O)OCC(=O)OC1(C)CSCCO1. The second-order valence-corrected chi connectivity index (χ2v) is 4.97. The number of hydrogen-bond donors (Lipinski definition) is 0. The van der Waals surface area contributed by atoms with Gasteiger partial charge in [0.1, 0.15) is 0 Å². The first kappa shape index (κ1) is 14.1. The van der Waals surface area contributed by atoms with Crippen molar-refractivity contribution in [2.75, 3.05) is 24.7 Å². The van der Waals surface area contributed by atoms with E-state index in [-0.39, 0.29) is 5.57 Å². The van der Waals surface area contributed by atoms with E-state index in [2.05, 4.69) is 11.3 Å². The van der Waals surface area contributed by atoms with Crippen LogP contribution in [0, 0.1) is 0 Å². The zero-order valence-corrected chi connectivity index (χ0v) is 10.8. The van der Waals surface area contributed by atoms with Crippen LogP contribution in [-0.2, 0) is 23.8 Å². The fourth-order valence-corrected chi connectivity index (χ4v) is 2.05. The average molecular weight is 260 g/mol. The third kappa shape index (κ3) is 4.79. The highest BCUT2D eigenvalue weighted by Gasteiger charge is 2.32. The standard InChI is InChI=1S/C11H16O5S/c1-8(2)10(13)14-6-9(12)16-11(3)7-17-5-4-15-11/h1,4-7H2,2-3H3. The van der Waals surface area contributed by atoms with Crippen molar-refractivity contribution in [3.05, 3.63) is 12.2 Å². The number of esters is 2. The Kier molecular flexibility index (Phi) is 5.02. The molecule has 17 heavy (non-hydrogen) atoms. The van der Waals surface area contributed by atoms with Gasteiger partial charge in [-0.05, 0) is 6.92 Å². The molecule has 1 rings (SSSR count). The van der Waals surface area contributed by atoms with Gasteiger partial charge in [0, 0.05) is 18.2 Å². The number of ether oxygens (including phenoxy) is 3. The Morgan fingerprint density at radius 2 is 2.24 bits per heavy atom. The summed E-state index contributed by atoms with van der Waals surface area (Å²) in [6, 6.07) is 0. The van der Waals surface area contributed by atoms with Gasteiger partial charge in [-0.15, -0.1) is 0 Å². The van der Waals surface area contributed by atoms with Gasteiger partial charge in [0.2, 0.25) is 5.79 Å². The molecule has 6 heteroatoms. The molecular weight excluding hydrogens is 244 g/mol. The lowest BCUT2D eigenvalue weighted by molar-refractivity contribution is -0.216. The second kappa shape index (κ2) is 6.07. The molecule has 0 spiro atoms. The first-order valence-corrected chi connectivity index (χ1v) is 6.34. The summed E-state index contributed by atoms with van der Waals surface area (Å²) in [5.41, 5.74) is 0.244. The molecule has 5 nitrogen and oxygen atoms in total. The van der Waals surface area contributed by atoms with Gasteiger partial charge in [-0.25, -0.2) is 9.59 Å². The Balaban J connectivity index is 2.33. The molecule has 0 bridgehead atoms. The maximum Gasteiger partial charge on any atom is 0.346 e. The van der Waals surface area contributed by atoms with E-state index in [9.17, 15) is 9.59 Å². The van der Waals surface area contributed by atoms with Crippen LogP contribution in [0.1, 0.15) is 13.8 Å². The van der Waals surface area contributed by atoms with Crippen LogP contribution in [0.3, 0.4) is 0 Å². The van der Waals surface area contributed by atoms with E-state index in [1.54, 1.807) is 18.7 Å². The lowest BCUT2D eigenvalue weighted by Crippen LogP contribution is -2.42. The number of carbonyl (C=O) groups excluding carboxylic acids is 2. The van der Waals surface area contributed by atoms with Crippen LogP contribution in [0.5, 0.6) is 0 Å². The molecule has 0 radical (unpaired) electrons. The monoisotopic (exact) mass is 260 g/mol. The minimum Gasteiger partial charge on any atom is -0.450 e. The lowest BCUT2D eigenvalue weighted by atomic mass is 10.3. The van der Waals surface area contributed by atoms with E-state index in [0.29, 0.717) is 12.4 Å².